The highest BCUT2D eigenvalue weighted by molar-refractivity contribution is 5.95. The molecular weight excluding hydrogens is 284 g/mol. The molecule has 2 aromatic rings. The number of hydrogen-bond acceptors (Lipinski definition) is 6. The second-order valence-corrected chi connectivity index (χ2v) is 4.57. The second kappa shape index (κ2) is 5.53. The molecule has 3 N–H and O–H groups in total. The van der Waals surface area contributed by atoms with Crippen LogP contribution in [0, 0.1) is 11.3 Å². The van der Waals surface area contributed by atoms with Crippen molar-refractivity contribution >= 4 is 23.0 Å². The van der Waals surface area contributed by atoms with E-state index in [0.29, 0.717) is 6.54 Å². The zero-order valence-corrected chi connectivity index (χ0v) is 11.7. The number of carbonyl (C=O) groups is 1. The number of nitrogens with one attached hydrogen (secondary N) is 3. The number of tetrazole rings is 1. The molecule has 2 amide bonds. The van der Waals surface area contributed by atoms with Crippen LogP contribution in [0.2, 0.25) is 0 Å². The fourth-order valence-electron chi connectivity index (χ4n) is 2.17. The lowest BCUT2D eigenvalue weighted by molar-refractivity contribution is 0.246. The molecule has 0 spiro atoms. The van der Waals surface area contributed by atoms with Gasteiger partial charge in [0, 0.05) is 31.0 Å². The quantitative estimate of drug-likeness (QED) is 0.721. The van der Waals surface area contributed by atoms with Gasteiger partial charge in [-0.3, -0.25) is 4.90 Å². The van der Waals surface area contributed by atoms with E-state index in [1.165, 1.54) is 11.1 Å². The Labute approximate surface area is 125 Å². The zero-order valence-electron chi connectivity index (χ0n) is 11.7. The summed E-state index contributed by atoms with van der Waals surface area (Å²) in [6, 6.07) is 7.43. The van der Waals surface area contributed by atoms with Crippen LogP contribution in [0.1, 0.15) is 11.4 Å². The Balaban J connectivity index is 1.91. The van der Waals surface area contributed by atoms with Crippen LogP contribution in [-0.4, -0.2) is 33.7 Å². The number of fused-ring (bicyclic) bond motifs is 1. The normalized spacial score (nSPS) is 14.1. The van der Waals surface area contributed by atoms with Crippen LogP contribution >= 0.6 is 0 Å². The molecule has 0 unspecified atom stereocenters. The number of urea groups is 1. The molecule has 9 nitrogen and oxygen atoms in total. The zero-order chi connectivity index (χ0) is 15.5. The van der Waals surface area contributed by atoms with Crippen LogP contribution in [0.5, 0.6) is 0 Å². The van der Waals surface area contributed by atoms with E-state index in [4.69, 9.17) is 5.26 Å². The topological polar surface area (TPSA) is 123 Å². The van der Waals surface area contributed by atoms with Gasteiger partial charge in [-0.2, -0.15) is 10.5 Å². The summed E-state index contributed by atoms with van der Waals surface area (Å²) in [6.07, 6.45) is 1.51. The van der Waals surface area contributed by atoms with E-state index in [2.05, 4.69) is 31.3 Å². The van der Waals surface area contributed by atoms with Crippen molar-refractivity contribution in [1.82, 2.24) is 25.9 Å². The molecule has 3 rings (SSSR count). The first-order valence-corrected chi connectivity index (χ1v) is 6.45. The van der Waals surface area contributed by atoms with E-state index in [9.17, 15) is 4.79 Å². The van der Waals surface area contributed by atoms with Crippen molar-refractivity contribution < 1.29 is 4.79 Å². The minimum absolute atomic E-state index is 0.148. The number of aromatic amines is 1. The molecule has 0 atom stereocenters. The molecule has 22 heavy (non-hydrogen) atoms. The molecule has 1 aromatic carbocycles. The highest BCUT2D eigenvalue weighted by atomic mass is 16.2. The van der Waals surface area contributed by atoms with Gasteiger partial charge >= 0.3 is 6.03 Å². The Morgan fingerprint density at radius 1 is 1.55 bits per heavy atom. The summed E-state index contributed by atoms with van der Waals surface area (Å²) in [4.78, 5) is 13.2. The third-order valence-corrected chi connectivity index (χ3v) is 3.31. The number of carbonyl (C=O) groups excluding carboxylic acids is 1. The first-order valence-electron chi connectivity index (χ1n) is 6.45. The van der Waals surface area contributed by atoms with Crippen molar-refractivity contribution in [2.45, 2.75) is 6.54 Å². The van der Waals surface area contributed by atoms with Crippen molar-refractivity contribution in [2.75, 3.05) is 17.3 Å². The number of rotatable bonds is 3. The summed E-state index contributed by atoms with van der Waals surface area (Å²) in [5.74, 6) is 0.213. The highest BCUT2D eigenvalue weighted by Crippen LogP contribution is 2.30. The predicted molar refractivity (Wildman–Crippen MR) is 78.5 cm³/mol. The first kappa shape index (κ1) is 13.6. The van der Waals surface area contributed by atoms with E-state index < -0.39 is 0 Å². The van der Waals surface area contributed by atoms with Crippen LogP contribution in [0.15, 0.2) is 24.4 Å². The van der Waals surface area contributed by atoms with Gasteiger partial charge in [0.05, 0.1) is 5.69 Å². The van der Waals surface area contributed by atoms with Gasteiger partial charge < -0.3 is 10.6 Å². The summed E-state index contributed by atoms with van der Waals surface area (Å²) < 4.78 is 0. The van der Waals surface area contributed by atoms with Gasteiger partial charge in [0.1, 0.15) is 11.6 Å². The molecule has 9 heteroatoms. The summed E-state index contributed by atoms with van der Waals surface area (Å²) >= 11 is 0. The molecule has 1 aromatic heterocycles. The number of hydrogen-bond donors (Lipinski definition) is 3. The fraction of sp³-hybridized carbons (Fsp3) is 0.154. The Kier molecular flexibility index (Phi) is 3.41. The molecule has 0 radical (unpaired) electrons. The lowest BCUT2D eigenvalue weighted by Gasteiger charge is -2.28. The van der Waals surface area contributed by atoms with Gasteiger partial charge in [-0.1, -0.05) is 6.07 Å². The van der Waals surface area contributed by atoms with Gasteiger partial charge in [0.2, 0.25) is 5.82 Å². The Hall–Kier alpha value is -3.41. The van der Waals surface area contributed by atoms with Crippen molar-refractivity contribution in [3.8, 4) is 6.07 Å². The maximum atomic E-state index is 11.6. The molecule has 0 aliphatic carbocycles. The number of anilines is 2. The minimum Gasteiger partial charge on any atom is -0.360 e. The summed E-state index contributed by atoms with van der Waals surface area (Å²) in [6.45, 7) is 0.416. The Morgan fingerprint density at radius 3 is 3.14 bits per heavy atom. The smallest absolute Gasteiger partial charge is 0.321 e. The lowest BCUT2D eigenvalue weighted by Crippen LogP contribution is -2.41. The predicted octanol–water partition coefficient (Wildman–Crippen LogP) is 0.836. The maximum Gasteiger partial charge on any atom is 0.321 e. The number of H-pyrrole nitrogens is 1. The van der Waals surface area contributed by atoms with E-state index in [0.717, 1.165) is 16.9 Å². The Bertz CT molecular complexity index is 774. The van der Waals surface area contributed by atoms with Gasteiger partial charge in [0.15, 0.2) is 0 Å². The van der Waals surface area contributed by atoms with Crippen molar-refractivity contribution in [3.05, 3.63) is 35.8 Å². The molecular formula is C13H12N8O. The lowest BCUT2D eigenvalue weighted by atomic mass is 10.1. The van der Waals surface area contributed by atoms with Gasteiger partial charge in [-0.25, -0.2) is 4.79 Å². The van der Waals surface area contributed by atoms with Crippen LogP contribution in [-0.2, 0) is 6.54 Å². The van der Waals surface area contributed by atoms with Crippen molar-refractivity contribution in [2.24, 2.45) is 0 Å². The van der Waals surface area contributed by atoms with Crippen LogP contribution in [0.25, 0.3) is 5.57 Å². The molecule has 0 saturated carbocycles. The maximum absolute atomic E-state index is 11.6. The number of amides is 2. The van der Waals surface area contributed by atoms with Crippen LogP contribution in [0.4, 0.5) is 16.2 Å². The number of nitrogens with zero attached hydrogens (tertiary/aromatic N) is 5. The van der Waals surface area contributed by atoms with Crippen LogP contribution < -0.4 is 15.5 Å². The minimum atomic E-state index is -0.148. The highest BCUT2D eigenvalue weighted by Gasteiger charge is 2.22. The average Bonchev–Trinajstić information content (AvgIpc) is 3.06. The molecule has 1 aliphatic heterocycles. The number of aromatic nitrogens is 4. The van der Waals surface area contributed by atoms with Gasteiger partial charge in [-0.15, -0.1) is 10.2 Å². The fourth-order valence-corrected chi connectivity index (χ4v) is 2.17. The number of nitriles is 1. The van der Waals surface area contributed by atoms with E-state index >= 15 is 0 Å². The first-order chi connectivity index (χ1) is 10.7. The summed E-state index contributed by atoms with van der Waals surface area (Å²) in [7, 11) is 1.70. The molecule has 1 aliphatic rings. The largest absolute Gasteiger partial charge is 0.360 e. The van der Waals surface area contributed by atoms with Gasteiger partial charge in [0.25, 0.3) is 0 Å². The van der Waals surface area contributed by atoms with E-state index in [1.807, 2.05) is 24.3 Å². The second-order valence-electron chi connectivity index (χ2n) is 4.57. The van der Waals surface area contributed by atoms with Crippen molar-refractivity contribution in [3.63, 3.8) is 0 Å². The number of benzene rings is 1. The Morgan fingerprint density at radius 2 is 2.41 bits per heavy atom. The summed E-state index contributed by atoms with van der Waals surface area (Å²) in [5, 5.41) is 28.2. The van der Waals surface area contributed by atoms with Crippen LogP contribution in [0.3, 0.4) is 0 Å². The SMILES string of the molecule is CN1C(=O)NCc2c(NC=C(C#N)c3nn[nH]n3)cccc21. The third-order valence-electron chi connectivity index (χ3n) is 3.31. The van der Waals surface area contributed by atoms with Gasteiger partial charge in [-0.05, 0) is 17.3 Å². The average molecular weight is 296 g/mol. The molecule has 0 fully saturated rings. The van der Waals surface area contributed by atoms with Crippen molar-refractivity contribution in [1.29, 1.82) is 5.26 Å². The number of allylic oxidation sites excluding steroid dienone is 1. The summed E-state index contributed by atoms with van der Waals surface area (Å²) in [5.41, 5.74) is 2.80. The molecule has 2 heterocycles. The molecule has 0 bridgehead atoms. The molecule has 0 saturated heterocycles. The van der Waals surface area contributed by atoms with E-state index in [-0.39, 0.29) is 17.4 Å². The third kappa shape index (κ3) is 2.33. The standard InChI is InChI=1S/C13H12N8O/c1-21-11-4-2-3-10(9(11)7-16-13(21)22)15-6-8(5-14)12-17-19-20-18-12/h2-4,6,15H,7H2,1H3,(H,16,22)(H,17,18,19,20). The monoisotopic (exact) mass is 296 g/mol. The molecule has 110 valence electrons. The van der Waals surface area contributed by atoms with E-state index in [1.54, 1.807) is 7.05 Å².